The van der Waals surface area contributed by atoms with Crippen LogP contribution in [0.25, 0.3) is 0 Å². The molecule has 2 aromatic rings. The number of anilines is 1. The van der Waals surface area contributed by atoms with E-state index in [4.69, 9.17) is 4.74 Å². The molecule has 0 amide bonds. The van der Waals surface area contributed by atoms with Crippen molar-refractivity contribution < 1.29 is 13.2 Å². The smallest absolute Gasteiger partial charge is 0.243 e. The Kier molecular flexibility index (Phi) is 6.55. The second-order valence-electron chi connectivity index (χ2n) is 6.69. The van der Waals surface area contributed by atoms with Crippen LogP contribution in [0.3, 0.4) is 0 Å². The molecule has 1 aliphatic rings. The number of unbranched alkanes of at least 4 members (excludes halogenated alkanes) is 1. The number of hydrogen-bond donors (Lipinski definition) is 0. The lowest BCUT2D eigenvalue weighted by atomic mass is 10.1. The van der Waals surface area contributed by atoms with E-state index in [2.05, 4.69) is 17.9 Å². The molecule has 0 atom stereocenters. The third kappa shape index (κ3) is 4.46. The quantitative estimate of drug-likeness (QED) is 0.668. The molecule has 0 radical (unpaired) electrons. The molecule has 3 rings (SSSR count). The molecule has 148 valence electrons. The summed E-state index contributed by atoms with van der Waals surface area (Å²) in [5.74, 6) is 0.685. The highest BCUT2D eigenvalue weighted by Gasteiger charge is 2.29. The molecule has 28 heavy (non-hydrogen) atoms. The number of nitriles is 1. The van der Waals surface area contributed by atoms with Crippen molar-refractivity contribution in [2.24, 2.45) is 0 Å². The van der Waals surface area contributed by atoms with Gasteiger partial charge in [-0.15, -0.1) is 0 Å². The van der Waals surface area contributed by atoms with E-state index in [9.17, 15) is 13.7 Å². The van der Waals surface area contributed by atoms with Gasteiger partial charge in [0, 0.05) is 26.2 Å². The summed E-state index contributed by atoms with van der Waals surface area (Å²) in [6.07, 6.45) is 2.02. The summed E-state index contributed by atoms with van der Waals surface area (Å²) in [7, 11) is -3.54. The highest BCUT2D eigenvalue weighted by atomic mass is 32.2. The number of para-hydroxylation sites is 1. The van der Waals surface area contributed by atoms with Crippen LogP contribution >= 0.6 is 0 Å². The lowest BCUT2D eigenvalue weighted by molar-refractivity contribution is 0.309. The lowest BCUT2D eigenvalue weighted by Crippen LogP contribution is -2.48. The largest absolute Gasteiger partial charge is 0.494 e. The van der Waals surface area contributed by atoms with Crippen LogP contribution in [0, 0.1) is 11.3 Å². The van der Waals surface area contributed by atoms with Crippen LogP contribution in [-0.2, 0) is 10.0 Å². The Hall–Kier alpha value is -2.56. The van der Waals surface area contributed by atoms with Crippen LogP contribution in [-0.4, -0.2) is 45.5 Å². The molecular formula is C21H25N3O3S. The average molecular weight is 400 g/mol. The van der Waals surface area contributed by atoms with Gasteiger partial charge in [-0.25, -0.2) is 8.42 Å². The van der Waals surface area contributed by atoms with Crippen molar-refractivity contribution in [3.8, 4) is 11.8 Å². The molecule has 6 nitrogen and oxygen atoms in total. The summed E-state index contributed by atoms with van der Waals surface area (Å²) >= 11 is 0. The van der Waals surface area contributed by atoms with Gasteiger partial charge in [0.2, 0.25) is 10.0 Å². The molecule has 7 heteroatoms. The van der Waals surface area contributed by atoms with Crippen LogP contribution in [0.2, 0.25) is 0 Å². The maximum absolute atomic E-state index is 12.9. The summed E-state index contributed by atoms with van der Waals surface area (Å²) in [4.78, 5) is 2.34. The number of nitrogens with zero attached hydrogens (tertiary/aromatic N) is 3. The topological polar surface area (TPSA) is 73.6 Å². The monoisotopic (exact) mass is 399 g/mol. The van der Waals surface area contributed by atoms with Crippen molar-refractivity contribution >= 4 is 15.7 Å². The third-order valence-corrected chi connectivity index (χ3v) is 6.74. The molecule has 1 aliphatic heterocycles. The molecule has 2 aromatic carbocycles. The highest BCUT2D eigenvalue weighted by molar-refractivity contribution is 7.89. The van der Waals surface area contributed by atoms with Gasteiger partial charge in [-0.2, -0.15) is 9.57 Å². The van der Waals surface area contributed by atoms with Crippen LogP contribution < -0.4 is 9.64 Å². The number of rotatable bonds is 7. The van der Waals surface area contributed by atoms with E-state index in [-0.39, 0.29) is 4.90 Å². The predicted octanol–water partition coefficient (Wildman–Crippen LogP) is 3.25. The van der Waals surface area contributed by atoms with E-state index >= 15 is 0 Å². The Morgan fingerprint density at radius 3 is 2.36 bits per heavy atom. The normalized spacial score (nSPS) is 15.2. The fraction of sp³-hybridized carbons (Fsp3) is 0.381. The third-order valence-electron chi connectivity index (χ3n) is 4.83. The molecule has 1 heterocycles. The van der Waals surface area contributed by atoms with Gasteiger partial charge in [-0.3, -0.25) is 0 Å². The molecule has 0 aromatic heterocycles. The summed E-state index contributed by atoms with van der Waals surface area (Å²) in [6, 6.07) is 16.2. The van der Waals surface area contributed by atoms with E-state index in [0.717, 1.165) is 18.5 Å². The van der Waals surface area contributed by atoms with Gasteiger partial charge >= 0.3 is 0 Å². The number of sulfonamides is 1. The summed E-state index contributed by atoms with van der Waals surface area (Å²) in [5.41, 5.74) is 1.47. The fourth-order valence-electron chi connectivity index (χ4n) is 3.20. The maximum atomic E-state index is 12.9. The van der Waals surface area contributed by atoms with Crippen LogP contribution in [0.4, 0.5) is 5.69 Å². The van der Waals surface area contributed by atoms with E-state index in [0.29, 0.717) is 44.1 Å². The predicted molar refractivity (Wildman–Crippen MR) is 109 cm³/mol. The first-order valence-corrected chi connectivity index (χ1v) is 11.0. The zero-order valence-electron chi connectivity index (χ0n) is 16.0. The van der Waals surface area contributed by atoms with E-state index in [1.54, 1.807) is 30.3 Å². The average Bonchev–Trinajstić information content (AvgIpc) is 2.74. The molecule has 1 saturated heterocycles. The Bertz CT molecular complexity index is 928. The van der Waals surface area contributed by atoms with Crippen molar-refractivity contribution in [1.82, 2.24) is 4.31 Å². The second kappa shape index (κ2) is 9.09. The Morgan fingerprint density at radius 1 is 1.04 bits per heavy atom. The summed E-state index contributed by atoms with van der Waals surface area (Å²) < 4.78 is 33.0. The molecule has 0 unspecified atom stereocenters. The van der Waals surface area contributed by atoms with Gasteiger partial charge in [0.25, 0.3) is 0 Å². The molecule has 0 N–H and O–H groups in total. The van der Waals surface area contributed by atoms with Crippen molar-refractivity contribution in [3.63, 3.8) is 0 Å². The van der Waals surface area contributed by atoms with Crippen molar-refractivity contribution in [2.75, 3.05) is 37.7 Å². The van der Waals surface area contributed by atoms with Gasteiger partial charge in [-0.1, -0.05) is 25.5 Å². The Balaban J connectivity index is 1.65. The summed E-state index contributed by atoms with van der Waals surface area (Å²) in [5, 5.41) is 9.28. The molecule has 0 saturated carbocycles. The van der Waals surface area contributed by atoms with Crippen molar-refractivity contribution in [2.45, 2.75) is 24.7 Å². The lowest BCUT2D eigenvalue weighted by Gasteiger charge is -2.35. The molecule has 0 aliphatic carbocycles. The number of hydrogen-bond acceptors (Lipinski definition) is 5. The van der Waals surface area contributed by atoms with Gasteiger partial charge in [0.05, 0.1) is 22.8 Å². The minimum atomic E-state index is -3.54. The number of benzene rings is 2. The number of piperazine rings is 1. The SMILES string of the molecule is CCCCOc1ccc(S(=O)(=O)N2CCN(c3ccccc3C#N)CC2)cc1. The van der Waals surface area contributed by atoms with E-state index < -0.39 is 10.0 Å². The van der Waals surface area contributed by atoms with Gasteiger partial charge in [0.15, 0.2) is 0 Å². The first kappa shape index (κ1) is 20.2. The van der Waals surface area contributed by atoms with Crippen LogP contribution in [0.5, 0.6) is 5.75 Å². The van der Waals surface area contributed by atoms with Crippen molar-refractivity contribution in [3.05, 3.63) is 54.1 Å². The van der Waals surface area contributed by atoms with Crippen LogP contribution in [0.1, 0.15) is 25.3 Å². The standard InChI is InChI=1S/C21H25N3O3S/c1-2-3-16-27-19-8-10-20(11-9-19)28(25,26)24-14-12-23(13-15-24)21-7-5-4-6-18(21)17-22/h4-11H,2-3,12-16H2,1H3. The highest BCUT2D eigenvalue weighted by Crippen LogP contribution is 2.24. The Morgan fingerprint density at radius 2 is 1.71 bits per heavy atom. The fourth-order valence-corrected chi connectivity index (χ4v) is 4.63. The molecule has 0 bridgehead atoms. The van der Waals surface area contributed by atoms with E-state index in [1.807, 2.05) is 18.2 Å². The zero-order valence-corrected chi connectivity index (χ0v) is 16.9. The first-order valence-electron chi connectivity index (χ1n) is 9.53. The molecular weight excluding hydrogens is 374 g/mol. The van der Waals surface area contributed by atoms with E-state index in [1.165, 1.54) is 4.31 Å². The molecule has 1 fully saturated rings. The zero-order chi connectivity index (χ0) is 20.0. The van der Waals surface area contributed by atoms with Gasteiger partial charge in [0.1, 0.15) is 11.8 Å². The first-order chi connectivity index (χ1) is 13.6. The number of ether oxygens (including phenoxy) is 1. The van der Waals surface area contributed by atoms with Gasteiger partial charge < -0.3 is 9.64 Å². The maximum Gasteiger partial charge on any atom is 0.243 e. The molecule has 0 spiro atoms. The second-order valence-corrected chi connectivity index (χ2v) is 8.63. The Labute approximate surface area is 167 Å². The minimum absolute atomic E-state index is 0.279. The van der Waals surface area contributed by atoms with Gasteiger partial charge in [-0.05, 0) is 42.8 Å². The summed E-state index contributed by atoms with van der Waals surface area (Å²) in [6.45, 7) is 4.60. The minimum Gasteiger partial charge on any atom is -0.494 e. The van der Waals surface area contributed by atoms with Crippen molar-refractivity contribution in [1.29, 1.82) is 5.26 Å². The van der Waals surface area contributed by atoms with Crippen LogP contribution in [0.15, 0.2) is 53.4 Å².